The van der Waals surface area contributed by atoms with E-state index in [4.69, 9.17) is 16.3 Å². The molecule has 0 aliphatic carbocycles. The highest BCUT2D eigenvalue weighted by Crippen LogP contribution is 2.30. The third-order valence-corrected chi connectivity index (χ3v) is 3.63. The first-order valence-electron chi connectivity index (χ1n) is 6.96. The van der Waals surface area contributed by atoms with Crippen molar-refractivity contribution in [2.75, 3.05) is 25.5 Å². The van der Waals surface area contributed by atoms with E-state index in [0.717, 1.165) is 0 Å². The number of amides is 1. The van der Waals surface area contributed by atoms with Gasteiger partial charge in [0.15, 0.2) is 0 Å². The van der Waals surface area contributed by atoms with Gasteiger partial charge in [0.2, 0.25) is 0 Å². The number of nitrogens with zero attached hydrogens (tertiary/aromatic N) is 2. The molecule has 2 rings (SSSR count). The lowest BCUT2D eigenvalue weighted by Crippen LogP contribution is -2.58. The number of anilines is 1. The molecule has 1 aliphatic heterocycles. The zero-order valence-corrected chi connectivity index (χ0v) is 13.9. The summed E-state index contributed by atoms with van der Waals surface area (Å²) in [7, 11) is 1.76. The van der Waals surface area contributed by atoms with Gasteiger partial charge in [0, 0.05) is 26.3 Å². The van der Waals surface area contributed by atoms with E-state index in [1.807, 2.05) is 27.7 Å². The van der Waals surface area contributed by atoms with Gasteiger partial charge in [-0.15, -0.1) is 0 Å². The Labute approximate surface area is 130 Å². The van der Waals surface area contributed by atoms with Crippen molar-refractivity contribution >= 4 is 23.3 Å². The van der Waals surface area contributed by atoms with E-state index in [1.54, 1.807) is 18.0 Å². The summed E-state index contributed by atoms with van der Waals surface area (Å²) in [5.74, 6) is 0.526. The van der Waals surface area contributed by atoms with Gasteiger partial charge in [-0.1, -0.05) is 11.6 Å². The molecule has 5 nitrogen and oxygen atoms in total. The van der Waals surface area contributed by atoms with Gasteiger partial charge in [0.25, 0.3) is 5.91 Å². The topological polar surface area (TPSA) is 54.5 Å². The second kappa shape index (κ2) is 5.46. The van der Waals surface area contributed by atoms with Crippen molar-refractivity contribution in [3.05, 3.63) is 22.8 Å². The standard InChI is InChI=1S/C15H22ClN3O2/c1-14(2)8-19(9-15(3,4)21-14)13(20)10-6-12(17-5)18-7-11(10)16/h6-7H,8-9H2,1-5H3,(H,17,18). The molecule has 116 valence electrons. The Bertz CT molecular complexity index is 542. The molecule has 1 aromatic heterocycles. The Morgan fingerprint density at radius 1 is 1.33 bits per heavy atom. The van der Waals surface area contributed by atoms with Crippen LogP contribution in [0.1, 0.15) is 38.1 Å². The summed E-state index contributed by atoms with van der Waals surface area (Å²) >= 11 is 6.14. The number of halogens is 1. The fraction of sp³-hybridized carbons (Fsp3) is 0.600. The Morgan fingerprint density at radius 3 is 2.43 bits per heavy atom. The van der Waals surface area contributed by atoms with Crippen LogP contribution in [0.25, 0.3) is 0 Å². The Morgan fingerprint density at radius 2 is 1.90 bits per heavy atom. The predicted molar refractivity (Wildman–Crippen MR) is 83.9 cm³/mol. The number of pyridine rings is 1. The molecule has 0 radical (unpaired) electrons. The Balaban J connectivity index is 2.31. The first kappa shape index (κ1) is 16.0. The zero-order valence-electron chi connectivity index (χ0n) is 13.2. The van der Waals surface area contributed by atoms with Gasteiger partial charge in [-0.25, -0.2) is 4.98 Å². The van der Waals surface area contributed by atoms with Gasteiger partial charge in [0.05, 0.1) is 21.8 Å². The first-order chi connectivity index (χ1) is 9.63. The monoisotopic (exact) mass is 311 g/mol. The SMILES string of the molecule is CNc1cc(C(=O)N2CC(C)(C)OC(C)(C)C2)c(Cl)cn1. The molecule has 21 heavy (non-hydrogen) atoms. The maximum Gasteiger partial charge on any atom is 0.255 e. The van der Waals surface area contributed by atoms with Crippen LogP contribution in [0.15, 0.2) is 12.3 Å². The van der Waals surface area contributed by atoms with Crippen molar-refractivity contribution in [2.24, 2.45) is 0 Å². The molecule has 0 bridgehead atoms. The van der Waals surface area contributed by atoms with Gasteiger partial charge >= 0.3 is 0 Å². The third kappa shape index (κ3) is 3.66. The first-order valence-corrected chi connectivity index (χ1v) is 7.34. The van der Waals surface area contributed by atoms with Crippen LogP contribution in [0.2, 0.25) is 5.02 Å². The van der Waals surface area contributed by atoms with Gasteiger partial charge < -0.3 is 15.0 Å². The van der Waals surface area contributed by atoms with Crippen molar-refractivity contribution in [1.82, 2.24) is 9.88 Å². The lowest BCUT2D eigenvalue weighted by Gasteiger charge is -2.47. The molecule has 0 atom stereocenters. The summed E-state index contributed by atoms with van der Waals surface area (Å²) in [6.07, 6.45) is 1.50. The second-order valence-corrected chi connectivity index (χ2v) is 6.99. The van der Waals surface area contributed by atoms with Crippen molar-refractivity contribution in [2.45, 2.75) is 38.9 Å². The maximum atomic E-state index is 12.8. The molecule has 1 N–H and O–H groups in total. The smallest absolute Gasteiger partial charge is 0.255 e. The lowest BCUT2D eigenvalue weighted by molar-refractivity contribution is -0.171. The summed E-state index contributed by atoms with van der Waals surface area (Å²) in [5.41, 5.74) is -0.310. The highest BCUT2D eigenvalue weighted by molar-refractivity contribution is 6.33. The molecule has 1 aliphatic rings. The normalized spacial score (nSPS) is 20.2. The van der Waals surface area contributed by atoms with Crippen LogP contribution < -0.4 is 5.32 Å². The Kier molecular flexibility index (Phi) is 4.17. The van der Waals surface area contributed by atoms with E-state index in [9.17, 15) is 4.79 Å². The number of rotatable bonds is 2. The summed E-state index contributed by atoms with van der Waals surface area (Å²) in [6.45, 7) is 9.01. The second-order valence-electron chi connectivity index (χ2n) is 6.58. The minimum atomic E-state index is -0.386. The van der Waals surface area contributed by atoms with Crippen LogP contribution in [0, 0.1) is 0 Å². The van der Waals surface area contributed by atoms with Crippen molar-refractivity contribution in [1.29, 1.82) is 0 Å². The largest absolute Gasteiger partial charge is 0.373 e. The summed E-state index contributed by atoms with van der Waals surface area (Å²) in [4.78, 5) is 18.7. The number of nitrogens with one attached hydrogen (secondary N) is 1. The minimum Gasteiger partial charge on any atom is -0.373 e. The van der Waals surface area contributed by atoms with Crippen molar-refractivity contribution in [3.63, 3.8) is 0 Å². The zero-order chi connectivity index (χ0) is 15.8. The molecule has 0 aromatic carbocycles. The number of carbonyl (C=O) groups excluding carboxylic acids is 1. The van der Waals surface area contributed by atoms with Crippen LogP contribution in [0.5, 0.6) is 0 Å². The van der Waals surface area contributed by atoms with Crippen molar-refractivity contribution in [3.8, 4) is 0 Å². The fourth-order valence-corrected chi connectivity index (χ4v) is 3.03. The minimum absolute atomic E-state index is 0.0941. The van der Waals surface area contributed by atoms with E-state index < -0.39 is 0 Å². The molecule has 6 heteroatoms. The van der Waals surface area contributed by atoms with Crippen LogP contribution >= 0.6 is 11.6 Å². The molecule has 1 amide bonds. The third-order valence-electron chi connectivity index (χ3n) is 3.32. The molecule has 1 saturated heterocycles. The fourth-order valence-electron chi connectivity index (χ4n) is 2.84. The summed E-state index contributed by atoms with van der Waals surface area (Å²) in [6, 6.07) is 1.68. The number of ether oxygens (including phenoxy) is 1. The lowest BCUT2D eigenvalue weighted by atomic mass is 9.98. The maximum absolute atomic E-state index is 12.8. The molecule has 1 aromatic rings. The van der Waals surface area contributed by atoms with Crippen LogP contribution in [0.3, 0.4) is 0 Å². The van der Waals surface area contributed by atoms with Gasteiger partial charge in [-0.2, -0.15) is 0 Å². The average Bonchev–Trinajstić information content (AvgIpc) is 2.35. The van der Waals surface area contributed by atoms with Gasteiger partial charge in [-0.3, -0.25) is 4.79 Å². The summed E-state index contributed by atoms with van der Waals surface area (Å²) < 4.78 is 6.00. The molecule has 0 spiro atoms. The predicted octanol–water partition coefficient (Wildman–Crippen LogP) is 2.81. The van der Waals surface area contributed by atoms with E-state index in [0.29, 0.717) is 29.5 Å². The van der Waals surface area contributed by atoms with Crippen LogP contribution in [-0.4, -0.2) is 47.1 Å². The molecular formula is C15H22ClN3O2. The van der Waals surface area contributed by atoms with Crippen molar-refractivity contribution < 1.29 is 9.53 Å². The van der Waals surface area contributed by atoms with E-state index >= 15 is 0 Å². The number of morpholine rings is 1. The molecule has 1 fully saturated rings. The number of aromatic nitrogens is 1. The molecule has 0 unspecified atom stereocenters. The molecule has 0 saturated carbocycles. The van der Waals surface area contributed by atoms with E-state index in [2.05, 4.69) is 10.3 Å². The quantitative estimate of drug-likeness (QED) is 0.912. The van der Waals surface area contributed by atoms with E-state index in [1.165, 1.54) is 6.20 Å². The van der Waals surface area contributed by atoms with Gasteiger partial charge in [-0.05, 0) is 33.8 Å². The number of hydrogen-bond acceptors (Lipinski definition) is 4. The Hall–Kier alpha value is -1.33. The summed E-state index contributed by atoms with van der Waals surface area (Å²) in [5, 5.41) is 3.28. The van der Waals surface area contributed by atoms with Crippen LogP contribution in [0.4, 0.5) is 5.82 Å². The average molecular weight is 312 g/mol. The van der Waals surface area contributed by atoms with E-state index in [-0.39, 0.29) is 17.1 Å². The highest BCUT2D eigenvalue weighted by atomic mass is 35.5. The number of hydrogen-bond donors (Lipinski definition) is 1. The highest BCUT2D eigenvalue weighted by Gasteiger charge is 2.40. The van der Waals surface area contributed by atoms with Gasteiger partial charge in [0.1, 0.15) is 5.82 Å². The molecular weight excluding hydrogens is 290 g/mol. The molecule has 2 heterocycles. The van der Waals surface area contributed by atoms with Crippen LogP contribution in [-0.2, 0) is 4.74 Å². The number of carbonyl (C=O) groups is 1.